The van der Waals surface area contributed by atoms with E-state index in [4.69, 9.17) is 9.47 Å². The Hall–Kier alpha value is -3.79. The van der Waals surface area contributed by atoms with Crippen LogP contribution in [0.3, 0.4) is 0 Å². The number of fused-ring (bicyclic) bond motifs is 3. The van der Waals surface area contributed by atoms with Crippen LogP contribution in [-0.2, 0) is 11.4 Å². The number of rotatable bonds is 5. The molecule has 31 heavy (non-hydrogen) atoms. The summed E-state index contributed by atoms with van der Waals surface area (Å²) in [4.78, 5) is 12.5. The van der Waals surface area contributed by atoms with Gasteiger partial charge >= 0.3 is 0 Å². The van der Waals surface area contributed by atoms with Crippen molar-refractivity contribution in [3.8, 4) is 11.5 Å². The van der Waals surface area contributed by atoms with Crippen LogP contribution in [0.25, 0.3) is 10.8 Å². The molecule has 1 aliphatic rings. The molecular weight excluding hydrogens is 386 g/mol. The van der Waals surface area contributed by atoms with Gasteiger partial charge in [-0.3, -0.25) is 4.79 Å². The Morgan fingerprint density at radius 1 is 0.903 bits per heavy atom. The Labute approximate surface area is 181 Å². The number of anilines is 1. The first-order valence-corrected chi connectivity index (χ1v) is 10.4. The highest BCUT2D eigenvalue weighted by molar-refractivity contribution is 6.01. The van der Waals surface area contributed by atoms with Crippen molar-refractivity contribution < 1.29 is 14.3 Å². The van der Waals surface area contributed by atoms with E-state index >= 15 is 0 Å². The molecule has 1 heterocycles. The maximum Gasteiger partial charge on any atom is 0.225 e. The van der Waals surface area contributed by atoms with E-state index < -0.39 is 0 Å². The van der Waals surface area contributed by atoms with E-state index in [9.17, 15) is 4.79 Å². The smallest absolute Gasteiger partial charge is 0.225 e. The van der Waals surface area contributed by atoms with Gasteiger partial charge in [-0.25, -0.2) is 0 Å². The van der Waals surface area contributed by atoms with Gasteiger partial charge in [0, 0.05) is 18.0 Å². The predicted molar refractivity (Wildman–Crippen MR) is 123 cm³/mol. The molecule has 1 atom stereocenters. The highest BCUT2D eigenvalue weighted by Crippen LogP contribution is 2.43. The average Bonchev–Trinajstić information content (AvgIpc) is 2.82. The standard InChI is InChI=1S/C27H23NO3/c1-30-25-15-20(12-14-24(25)31-17-18-7-3-2-4-8-18)22-16-26(29)28-23-13-11-19-9-5-6-10-21(19)27(22)23/h2-15,22H,16-17H2,1H3,(H,28,29)/t22-/m0/s1. The molecule has 0 unspecified atom stereocenters. The molecule has 4 heteroatoms. The van der Waals surface area contributed by atoms with Crippen LogP contribution in [0.5, 0.6) is 11.5 Å². The fourth-order valence-corrected chi connectivity index (χ4v) is 4.31. The van der Waals surface area contributed by atoms with Gasteiger partial charge in [0.15, 0.2) is 11.5 Å². The number of nitrogens with one attached hydrogen (secondary N) is 1. The van der Waals surface area contributed by atoms with Crippen molar-refractivity contribution in [3.05, 3.63) is 102 Å². The number of carbonyl (C=O) groups is 1. The highest BCUT2D eigenvalue weighted by Gasteiger charge is 2.29. The fraction of sp³-hybridized carbons (Fsp3) is 0.148. The van der Waals surface area contributed by atoms with Crippen LogP contribution >= 0.6 is 0 Å². The van der Waals surface area contributed by atoms with Crippen LogP contribution in [-0.4, -0.2) is 13.0 Å². The Balaban J connectivity index is 1.52. The Bertz CT molecular complexity index is 1250. The zero-order chi connectivity index (χ0) is 21.2. The van der Waals surface area contributed by atoms with Crippen molar-refractivity contribution in [1.29, 1.82) is 0 Å². The lowest BCUT2D eigenvalue weighted by molar-refractivity contribution is -0.116. The van der Waals surface area contributed by atoms with Crippen molar-refractivity contribution >= 4 is 22.4 Å². The summed E-state index contributed by atoms with van der Waals surface area (Å²) < 4.78 is 11.7. The van der Waals surface area contributed by atoms with Gasteiger partial charge in [-0.1, -0.05) is 66.7 Å². The molecule has 4 aromatic rings. The molecule has 0 spiro atoms. The molecule has 4 aromatic carbocycles. The minimum Gasteiger partial charge on any atom is -0.493 e. The molecule has 0 radical (unpaired) electrons. The van der Waals surface area contributed by atoms with Crippen LogP contribution in [0.4, 0.5) is 5.69 Å². The first kappa shape index (κ1) is 19.2. The normalized spacial score (nSPS) is 15.3. The van der Waals surface area contributed by atoms with Gasteiger partial charge in [0.2, 0.25) is 5.91 Å². The lowest BCUT2D eigenvalue weighted by Gasteiger charge is -2.28. The second-order valence-electron chi connectivity index (χ2n) is 7.74. The summed E-state index contributed by atoms with van der Waals surface area (Å²) in [7, 11) is 1.64. The quantitative estimate of drug-likeness (QED) is 0.446. The number of hydrogen-bond donors (Lipinski definition) is 1. The molecule has 0 saturated heterocycles. The number of benzene rings is 4. The highest BCUT2D eigenvalue weighted by atomic mass is 16.5. The maximum atomic E-state index is 12.5. The monoisotopic (exact) mass is 409 g/mol. The van der Waals surface area contributed by atoms with Gasteiger partial charge in [-0.2, -0.15) is 0 Å². The van der Waals surface area contributed by atoms with Gasteiger partial charge in [0.1, 0.15) is 6.61 Å². The first-order chi connectivity index (χ1) is 15.2. The van der Waals surface area contributed by atoms with Gasteiger partial charge in [-0.15, -0.1) is 0 Å². The van der Waals surface area contributed by atoms with E-state index in [-0.39, 0.29) is 11.8 Å². The predicted octanol–water partition coefficient (Wildman–Crippen LogP) is 5.90. The molecule has 0 aliphatic carbocycles. The fourth-order valence-electron chi connectivity index (χ4n) is 4.31. The van der Waals surface area contributed by atoms with E-state index in [1.165, 1.54) is 0 Å². The number of hydrogen-bond acceptors (Lipinski definition) is 3. The number of carbonyl (C=O) groups excluding carboxylic acids is 1. The maximum absolute atomic E-state index is 12.5. The molecule has 1 aliphatic heterocycles. The Morgan fingerprint density at radius 3 is 2.55 bits per heavy atom. The van der Waals surface area contributed by atoms with Crippen molar-refractivity contribution in [2.75, 3.05) is 12.4 Å². The van der Waals surface area contributed by atoms with Gasteiger partial charge < -0.3 is 14.8 Å². The molecule has 1 amide bonds. The van der Waals surface area contributed by atoms with Crippen molar-refractivity contribution in [3.63, 3.8) is 0 Å². The SMILES string of the molecule is COc1cc([C@@H]2CC(=O)Nc3ccc4ccccc4c32)ccc1OCc1ccccc1. The van der Waals surface area contributed by atoms with Gasteiger partial charge in [-0.05, 0) is 45.7 Å². The van der Waals surface area contributed by atoms with E-state index in [1.807, 2.05) is 66.7 Å². The largest absolute Gasteiger partial charge is 0.493 e. The zero-order valence-electron chi connectivity index (χ0n) is 17.3. The molecule has 0 fully saturated rings. The minimum atomic E-state index is -0.0491. The van der Waals surface area contributed by atoms with Crippen LogP contribution in [0.2, 0.25) is 0 Å². The van der Waals surface area contributed by atoms with E-state index in [2.05, 4.69) is 23.5 Å². The first-order valence-electron chi connectivity index (χ1n) is 10.4. The summed E-state index contributed by atoms with van der Waals surface area (Å²) in [5.41, 5.74) is 4.16. The van der Waals surface area contributed by atoms with Crippen molar-refractivity contribution in [2.45, 2.75) is 18.9 Å². The summed E-state index contributed by atoms with van der Waals surface area (Å²) in [5, 5.41) is 5.36. The Kier molecular flexibility index (Phi) is 5.04. The van der Waals surface area contributed by atoms with E-state index in [0.717, 1.165) is 33.2 Å². The number of amides is 1. The molecule has 0 saturated carbocycles. The van der Waals surface area contributed by atoms with Crippen molar-refractivity contribution in [1.82, 2.24) is 0 Å². The average molecular weight is 409 g/mol. The summed E-state index contributed by atoms with van der Waals surface area (Å²) in [6.45, 7) is 0.468. The van der Waals surface area contributed by atoms with Crippen LogP contribution in [0, 0.1) is 0 Å². The summed E-state index contributed by atoms with van der Waals surface area (Å²) in [5.74, 6) is 1.33. The second-order valence-corrected chi connectivity index (χ2v) is 7.74. The molecule has 1 N–H and O–H groups in total. The number of ether oxygens (including phenoxy) is 2. The van der Waals surface area contributed by atoms with Crippen LogP contribution in [0.1, 0.15) is 29.0 Å². The lowest BCUT2D eigenvalue weighted by atomic mass is 9.82. The second kappa shape index (κ2) is 8.15. The third-order valence-electron chi connectivity index (χ3n) is 5.81. The molecule has 154 valence electrons. The molecular formula is C27H23NO3. The van der Waals surface area contributed by atoms with Crippen LogP contribution in [0.15, 0.2) is 84.9 Å². The molecule has 5 rings (SSSR count). The summed E-state index contributed by atoms with van der Waals surface area (Å²) in [6.07, 6.45) is 0.397. The minimum absolute atomic E-state index is 0.0242. The van der Waals surface area contributed by atoms with E-state index in [1.54, 1.807) is 7.11 Å². The summed E-state index contributed by atoms with van der Waals surface area (Å²) >= 11 is 0. The van der Waals surface area contributed by atoms with Gasteiger partial charge in [0.05, 0.1) is 7.11 Å². The molecule has 0 aromatic heterocycles. The summed E-state index contributed by atoms with van der Waals surface area (Å²) in [6, 6.07) is 28.4. The zero-order valence-corrected chi connectivity index (χ0v) is 17.3. The van der Waals surface area contributed by atoms with E-state index in [0.29, 0.717) is 24.5 Å². The Morgan fingerprint density at radius 2 is 1.71 bits per heavy atom. The third kappa shape index (κ3) is 3.73. The topological polar surface area (TPSA) is 47.6 Å². The molecule has 0 bridgehead atoms. The lowest BCUT2D eigenvalue weighted by Crippen LogP contribution is -2.23. The number of methoxy groups -OCH3 is 1. The third-order valence-corrected chi connectivity index (χ3v) is 5.81. The molecule has 4 nitrogen and oxygen atoms in total. The van der Waals surface area contributed by atoms with Crippen LogP contribution < -0.4 is 14.8 Å². The van der Waals surface area contributed by atoms with Crippen molar-refractivity contribution in [2.24, 2.45) is 0 Å². The van der Waals surface area contributed by atoms with Gasteiger partial charge in [0.25, 0.3) is 0 Å².